The van der Waals surface area contributed by atoms with Gasteiger partial charge in [0.05, 0.1) is 12.2 Å². The molecule has 1 saturated heterocycles. The molecule has 4 amide bonds. The molecule has 1 aromatic carbocycles. The van der Waals surface area contributed by atoms with Gasteiger partial charge >= 0.3 is 6.03 Å². The van der Waals surface area contributed by atoms with Gasteiger partial charge in [-0.15, -0.1) is 0 Å². The molecule has 1 aromatic heterocycles. The van der Waals surface area contributed by atoms with Crippen LogP contribution in [0.2, 0.25) is 0 Å². The van der Waals surface area contributed by atoms with E-state index in [1.807, 2.05) is 37.3 Å². The predicted molar refractivity (Wildman–Crippen MR) is 85.7 cm³/mol. The summed E-state index contributed by atoms with van der Waals surface area (Å²) in [5, 5.41) is 9.40. The molecule has 124 valence electrons. The zero-order valence-corrected chi connectivity index (χ0v) is 13.2. The van der Waals surface area contributed by atoms with Crippen molar-refractivity contribution in [1.82, 2.24) is 25.3 Å². The van der Waals surface area contributed by atoms with E-state index in [4.69, 9.17) is 0 Å². The van der Waals surface area contributed by atoms with E-state index < -0.39 is 6.03 Å². The van der Waals surface area contributed by atoms with Crippen LogP contribution in [-0.2, 0) is 4.79 Å². The number of rotatable bonds is 5. The maximum atomic E-state index is 12.2. The molecule has 0 saturated carbocycles. The second-order valence-electron chi connectivity index (χ2n) is 5.38. The minimum absolute atomic E-state index is 0.00740. The molecule has 0 radical (unpaired) electrons. The van der Waals surface area contributed by atoms with E-state index in [1.54, 1.807) is 10.7 Å². The number of carbonyl (C=O) groups excluding carboxylic acids is 3. The summed E-state index contributed by atoms with van der Waals surface area (Å²) in [4.78, 5) is 36.1. The molecule has 0 atom stereocenters. The fourth-order valence-electron chi connectivity index (χ4n) is 2.47. The summed E-state index contributed by atoms with van der Waals surface area (Å²) < 4.78 is 1.69. The van der Waals surface area contributed by atoms with E-state index in [0.29, 0.717) is 0 Å². The predicted octanol–water partition coefficient (Wildman–Crippen LogP) is 0.462. The monoisotopic (exact) mass is 327 g/mol. The highest BCUT2D eigenvalue weighted by Gasteiger charge is 2.27. The summed E-state index contributed by atoms with van der Waals surface area (Å²) in [6.07, 6.45) is 0. The fourth-order valence-corrected chi connectivity index (χ4v) is 2.47. The lowest BCUT2D eigenvalue weighted by Gasteiger charge is -2.12. The van der Waals surface area contributed by atoms with Crippen LogP contribution in [0, 0.1) is 6.92 Å². The lowest BCUT2D eigenvalue weighted by atomic mass is 10.3. The van der Waals surface area contributed by atoms with Gasteiger partial charge in [-0.3, -0.25) is 14.5 Å². The van der Waals surface area contributed by atoms with E-state index in [-0.39, 0.29) is 37.1 Å². The second kappa shape index (κ2) is 6.53. The molecule has 24 heavy (non-hydrogen) atoms. The zero-order chi connectivity index (χ0) is 17.1. The van der Waals surface area contributed by atoms with Crippen molar-refractivity contribution in [2.75, 3.05) is 19.6 Å². The number of nitrogens with zero attached hydrogens (tertiary/aromatic N) is 3. The van der Waals surface area contributed by atoms with Crippen LogP contribution >= 0.6 is 0 Å². The Bertz CT molecular complexity index is 768. The van der Waals surface area contributed by atoms with Gasteiger partial charge in [0.1, 0.15) is 0 Å². The molecule has 1 aliphatic heterocycles. The molecule has 3 rings (SSSR count). The van der Waals surface area contributed by atoms with Crippen molar-refractivity contribution >= 4 is 17.8 Å². The van der Waals surface area contributed by atoms with Gasteiger partial charge in [0.2, 0.25) is 5.91 Å². The van der Waals surface area contributed by atoms with Gasteiger partial charge in [-0.25, -0.2) is 9.48 Å². The smallest absolute Gasteiger partial charge is 0.324 e. The van der Waals surface area contributed by atoms with Crippen LogP contribution in [0.3, 0.4) is 0 Å². The molecule has 0 spiro atoms. The van der Waals surface area contributed by atoms with Crippen LogP contribution in [0.5, 0.6) is 0 Å². The fraction of sp³-hybridized carbons (Fsp3) is 0.250. The lowest BCUT2D eigenvalue weighted by Crippen LogP contribution is -2.38. The number of hydrogen-bond donors (Lipinski definition) is 2. The Hall–Kier alpha value is -3.16. The molecule has 2 heterocycles. The third-order valence-corrected chi connectivity index (χ3v) is 3.68. The van der Waals surface area contributed by atoms with Crippen molar-refractivity contribution < 1.29 is 14.4 Å². The minimum Gasteiger partial charge on any atom is -0.349 e. The molecule has 0 aliphatic carbocycles. The number of nitrogens with one attached hydrogen (secondary N) is 2. The third-order valence-electron chi connectivity index (χ3n) is 3.68. The molecule has 1 fully saturated rings. The summed E-state index contributed by atoms with van der Waals surface area (Å²) >= 11 is 0. The highest BCUT2D eigenvalue weighted by atomic mass is 16.2. The van der Waals surface area contributed by atoms with Gasteiger partial charge in [0.15, 0.2) is 5.69 Å². The summed E-state index contributed by atoms with van der Waals surface area (Å²) in [6.45, 7) is 2.18. The Morgan fingerprint density at radius 2 is 2.04 bits per heavy atom. The number of imide groups is 1. The number of aryl methyl sites for hydroxylation is 1. The Morgan fingerprint density at radius 3 is 2.71 bits per heavy atom. The van der Waals surface area contributed by atoms with Crippen molar-refractivity contribution in [2.24, 2.45) is 0 Å². The minimum atomic E-state index is -0.432. The first-order valence-electron chi connectivity index (χ1n) is 7.55. The molecular formula is C16H17N5O3. The van der Waals surface area contributed by atoms with Gasteiger partial charge in [-0.1, -0.05) is 18.2 Å². The van der Waals surface area contributed by atoms with Gasteiger partial charge in [-0.05, 0) is 25.1 Å². The van der Waals surface area contributed by atoms with E-state index >= 15 is 0 Å². The van der Waals surface area contributed by atoms with Gasteiger partial charge < -0.3 is 10.6 Å². The third kappa shape index (κ3) is 3.12. The molecule has 0 unspecified atom stereocenters. The quantitative estimate of drug-likeness (QED) is 0.780. The van der Waals surface area contributed by atoms with Crippen molar-refractivity contribution in [3.05, 3.63) is 47.8 Å². The van der Waals surface area contributed by atoms with Crippen LogP contribution in [0.25, 0.3) is 5.69 Å². The van der Waals surface area contributed by atoms with Gasteiger partial charge in [0.25, 0.3) is 5.91 Å². The van der Waals surface area contributed by atoms with E-state index in [2.05, 4.69) is 15.7 Å². The average Bonchev–Trinajstić information content (AvgIpc) is 3.12. The van der Waals surface area contributed by atoms with Crippen LogP contribution in [0.4, 0.5) is 4.79 Å². The van der Waals surface area contributed by atoms with Crippen molar-refractivity contribution in [3.8, 4) is 5.69 Å². The standard InChI is InChI=1S/C16H17N5O3/c1-11-9-13(19-21(11)12-5-3-2-4-6-12)15(23)17-7-8-20-14(22)10-18-16(20)24/h2-6,9H,7-8,10H2,1H3,(H,17,23)(H,18,24). The molecule has 1 aliphatic rings. The van der Waals surface area contributed by atoms with E-state index in [9.17, 15) is 14.4 Å². The van der Waals surface area contributed by atoms with Gasteiger partial charge in [0, 0.05) is 18.8 Å². The number of para-hydroxylation sites is 1. The first kappa shape index (κ1) is 15.7. The van der Waals surface area contributed by atoms with Gasteiger partial charge in [-0.2, -0.15) is 5.10 Å². The molecule has 8 nitrogen and oxygen atoms in total. The average molecular weight is 327 g/mol. The molecular weight excluding hydrogens is 310 g/mol. The van der Waals surface area contributed by atoms with Crippen LogP contribution in [-0.4, -0.2) is 52.2 Å². The highest BCUT2D eigenvalue weighted by Crippen LogP contribution is 2.11. The molecule has 0 bridgehead atoms. The molecule has 8 heteroatoms. The topological polar surface area (TPSA) is 96.3 Å². The number of urea groups is 1. The second-order valence-corrected chi connectivity index (χ2v) is 5.38. The van der Waals surface area contributed by atoms with Crippen molar-refractivity contribution in [2.45, 2.75) is 6.92 Å². The first-order valence-corrected chi connectivity index (χ1v) is 7.55. The summed E-state index contributed by atoms with van der Waals surface area (Å²) in [7, 11) is 0. The number of benzene rings is 1. The Balaban J connectivity index is 1.62. The van der Waals surface area contributed by atoms with Crippen LogP contribution in [0.15, 0.2) is 36.4 Å². The first-order chi connectivity index (χ1) is 11.6. The van der Waals surface area contributed by atoms with Crippen molar-refractivity contribution in [1.29, 1.82) is 0 Å². The molecule has 2 N–H and O–H groups in total. The van der Waals surface area contributed by atoms with Crippen LogP contribution < -0.4 is 10.6 Å². The zero-order valence-electron chi connectivity index (χ0n) is 13.2. The number of carbonyl (C=O) groups is 3. The Kier molecular flexibility index (Phi) is 4.28. The number of aromatic nitrogens is 2. The number of amides is 4. The summed E-state index contributed by atoms with van der Waals surface area (Å²) in [6, 6.07) is 10.8. The maximum absolute atomic E-state index is 12.2. The lowest BCUT2D eigenvalue weighted by molar-refractivity contribution is -0.124. The Morgan fingerprint density at radius 1 is 1.29 bits per heavy atom. The van der Waals surface area contributed by atoms with E-state index in [1.165, 1.54) is 0 Å². The van der Waals surface area contributed by atoms with E-state index in [0.717, 1.165) is 16.3 Å². The highest BCUT2D eigenvalue weighted by molar-refractivity contribution is 6.02. The largest absolute Gasteiger partial charge is 0.349 e. The van der Waals surface area contributed by atoms with Crippen LogP contribution in [0.1, 0.15) is 16.2 Å². The van der Waals surface area contributed by atoms with Crippen molar-refractivity contribution in [3.63, 3.8) is 0 Å². The maximum Gasteiger partial charge on any atom is 0.324 e. The molecule has 2 aromatic rings. The summed E-state index contributed by atoms with van der Waals surface area (Å²) in [5.74, 6) is -0.640. The Labute approximate surface area is 138 Å². The number of hydrogen-bond acceptors (Lipinski definition) is 4. The summed E-state index contributed by atoms with van der Waals surface area (Å²) in [5.41, 5.74) is 1.99. The normalized spacial score (nSPS) is 14.0. The SMILES string of the molecule is Cc1cc(C(=O)NCCN2C(=O)CNC2=O)nn1-c1ccccc1.